The Morgan fingerprint density at radius 1 is 1.32 bits per heavy atom. The minimum atomic E-state index is 0.235. The normalized spacial score (nSPS) is 18.3. The van der Waals surface area contributed by atoms with E-state index in [0.717, 1.165) is 55.6 Å². The van der Waals surface area contributed by atoms with Crippen molar-refractivity contribution in [2.75, 3.05) is 33.1 Å². The lowest BCUT2D eigenvalue weighted by atomic mass is 9.99. The standard InChI is InChI=1S/C15H26N4O2S/c1-11-13(12(2)21-19-11)9-17-14(16-3)18-10-15(22-4)5-7-20-8-6-15/h5-10H2,1-4H3,(H2,16,17,18). The first-order valence-electron chi connectivity index (χ1n) is 7.59. The molecule has 1 aliphatic rings. The van der Waals surface area contributed by atoms with Gasteiger partial charge in [-0.15, -0.1) is 0 Å². The molecule has 0 bridgehead atoms. The molecule has 2 rings (SSSR count). The molecule has 0 atom stereocenters. The lowest BCUT2D eigenvalue weighted by molar-refractivity contribution is 0.0783. The summed E-state index contributed by atoms with van der Waals surface area (Å²) in [5, 5.41) is 10.7. The Morgan fingerprint density at radius 3 is 2.59 bits per heavy atom. The number of aliphatic imine (C=N–C) groups is 1. The second-order valence-corrected chi connectivity index (χ2v) is 6.86. The molecule has 1 aromatic rings. The molecule has 0 amide bonds. The zero-order chi connectivity index (χ0) is 16.0. The summed E-state index contributed by atoms with van der Waals surface area (Å²) in [6.45, 7) is 7.11. The molecule has 6 nitrogen and oxygen atoms in total. The van der Waals surface area contributed by atoms with Crippen LogP contribution in [0.1, 0.15) is 29.9 Å². The van der Waals surface area contributed by atoms with Gasteiger partial charge in [-0.2, -0.15) is 11.8 Å². The average Bonchev–Trinajstić information content (AvgIpc) is 2.87. The SMILES string of the molecule is CN=C(NCc1c(C)noc1C)NCC1(SC)CCOCC1. The maximum Gasteiger partial charge on any atom is 0.191 e. The van der Waals surface area contributed by atoms with E-state index in [1.807, 2.05) is 25.6 Å². The van der Waals surface area contributed by atoms with Crippen LogP contribution in [0.3, 0.4) is 0 Å². The molecule has 1 fully saturated rings. The van der Waals surface area contributed by atoms with E-state index in [0.29, 0.717) is 6.54 Å². The highest BCUT2D eigenvalue weighted by atomic mass is 32.2. The van der Waals surface area contributed by atoms with Crippen LogP contribution in [0.25, 0.3) is 0 Å². The third-order valence-electron chi connectivity index (χ3n) is 4.25. The van der Waals surface area contributed by atoms with E-state index in [1.54, 1.807) is 7.05 Å². The highest BCUT2D eigenvalue weighted by molar-refractivity contribution is 8.00. The van der Waals surface area contributed by atoms with Crippen LogP contribution < -0.4 is 10.6 Å². The Morgan fingerprint density at radius 2 is 2.05 bits per heavy atom. The molecule has 7 heteroatoms. The molecular formula is C15H26N4O2S. The summed E-state index contributed by atoms with van der Waals surface area (Å²) in [6.07, 6.45) is 4.32. The average molecular weight is 326 g/mol. The lowest BCUT2D eigenvalue weighted by Gasteiger charge is -2.36. The molecule has 0 unspecified atom stereocenters. The fourth-order valence-electron chi connectivity index (χ4n) is 2.59. The highest BCUT2D eigenvalue weighted by Gasteiger charge is 2.31. The van der Waals surface area contributed by atoms with E-state index in [1.165, 1.54) is 0 Å². The molecule has 22 heavy (non-hydrogen) atoms. The Balaban J connectivity index is 1.87. The third-order valence-corrected chi connectivity index (χ3v) is 5.67. The molecule has 0 saturated carbocycles. The van der Waals surface area contributed by atoms with Crippen LogP contribution in [-0.2, 0) is 11.3 Å². The quantitative estimate of drug-likeness (QED) is 0.636. The van der Waals surface area contributed by atoms with E-state index in [9.17, 15) is 0 Å². The van der Waals surface area contributed by atoms with Crippen molar-refractivity contribution in [3.63, 3.8) is 0 Å². The van der Waals surface area contributed by atoms with Gasteiger partial charge in [0, 0.05) is 43.7 Å². The van der Waals surface area contributed by atoms with Gasteiger partial charge in [0.25, 0.3) is 0 Å². The Kier molecular flexibility index (Phi) is 6.14. The van der Waals surface area contributed by atoms with Crippen molar-refractivity contribution in [1.82, 2.24) is 15.8 Å². The van der Waals surface area contributed by atoms with E-state index < -0.39 is 0 Å². The number of rotatable bonds is 5. The van der Waals surface area contributed by atoms with Crippen LogP contribution in [0.4, 0.5) is 0 Å². The summed E-state index contributed by atoms with van der Waals surface area (Å²) >= 11 is 1.92. The van der Waals surface area contributed by atoms with E-state index in [-0.39, 0.29) is 4.75 Å². The zero-order valence-corrected chi connectivity index (χ0v) is 14.7. The smallest absolute Gasteiger partial charge is 0.191 e. The number of aromatic nitrogens is 1. The molecule has 2 heterocycles. The maximum atomic E-state index is 5.48. The maximum absolute atomic E-state index is 5.48. The van der Waals surface area contributed by atoms with Gasteiger partial charge in [-0.3, -0.25) is 4.99 Å². The molecule has 124 valence electrons. The van der Waals surface area contributed by atoms with Crippen LogP contribution >= 0.6 is 11.8 Å². The summed E-state index contributed by atoms with van der Waals surface area (Å²) in [5.41, 5.74) is 2.01. The monoisotopic (exact) mass is 326 g/mol. The lowest BCUT2D eigenvalue weighted by Crippen LogP contribution is -2.47. The molecule has 1 saturated heterocycles. The topological polar surface area (TPSA) is 71.7 Å². The predicted octanol–water partition coefficient (Wildman–Crippen LogP) is 1.87. The minimum Gasteiger partial charge on any atom is -0.381 e. The molecular weight excluding hydrogens is 300 g/mol. The van der Waals surface area contributed by atoms with Gasteiger partial charge in [0.1, 0.15) is 5.76 Å². The molecule has 1 aromatic heterocycles. The van der Waals surface area contributed by atoms with Crippen molar-refractivity contribution < 1.29 is 9.26 Å². The Bertz CT molecular complexity index is 490. The fraction of sp³-hybridized carbons (Fsp3) is 0.733. The van der Waals surface area contributed by atoms with E-state index >= 15 is 0 Å². The Hall–Kier alpha value is -1.21. The summed E-state index contributed by atoms with van der Waals surface area (Å²) in [7, 11) is 1.79. The van der Waals surface area contributed by atoms with Crippen LogP contribution in [0.5, 0.6) is 0 Å². The fourth-order valence-corrected chi connectivity index (χ4v) is 3.38. The molecule has 0 aromatic carbocycles. The number of hydrogen-bond acceptors (Lipinski definition) is 5. The van der Waals surface area contributed by atoms with Gasteiger partial charge >= 0.3 is 0 Å². The van der Waals surface area contributed by atoms with Gasteiger partial charge in [-0.25, -0.2) is 0 Å². The second kappa shape index (κ2) is 7.87. The first-order valence-corrected chi connectivity index (χ1v) is 8.82. The summed E-state index contributed by atoms with van der Waals surface area (Å²) in [5.74, 6) is 1.66. The first-order chi connectivity index (χ1) is 10.6. The third kappa shape index (κ3) is 4.16. The second-order valence-electron chi connectivity index (χ2n) is 5.58. The van der Waals surface area contributed by atoms with Crippen LogP contribution in [0.2, 0.25) is 0 Å². The number of nitrogens with zero attached hydrogens (tertiary/aromatic N) is 2. The van der Waals surface area contributed by atoms with Crippen molar-refractivity contribution in [2.24, 2.45) is 4.99 Å². The van der Waals surface area contributed by atoms with Gasteiger partial charge in [-0.05, 0) is 32.9 Å². The first kappa shape index (κ1) is 17.1. The molecule has 0 aliphatic carbocycles. The van der Waals surface area contributed by atoms with Crippen molar-refractivity contribution in [1.29, 1.82) is 0 Å². The van der Waals surface area contributed by atoms with Crippen molar-refractivity contribution in [2.45, 2.75) is 38.0 Å². The van der Waals surface area contributed by atoms with Crippen molar-refractivity contribution >= 4 is 17.7 Å². The Labute approximate surface area is 136 Å². The molecule has 0 spiro atoms. The van der Waals surface area contributed by atoms with Crippen LogP contribution in [0.15, 0.2) is 9.52 Å². The largest absolute Gasteiger partial charge is 0.381 e. The van der Waals surface area contributed by atoms with Gasteiger partial charge < -0.3 is 19.9 Å². The molecule has 1 aliphatic heterocycles. The van der Waals surface area contributed by atoms with Gasteiger partial charge in [0.2, 0.25) is 0 Å². The number of nitrogens with one attached hydrogen (secondary N) is 2. The molecule has 2 N–H and O–H groups in total. The number of guanidine groups is 1. The number of aryl methyl sites for hydroxylation is 2. The van der Waals surface area contributed by atoms with E-state index in [2.05, 4.69) is 27.0 Å². The minimum absolute atomic E-state index is 0.235. The van der Waals surface area contributed by atoms with Gasteiger partial charge in [0.15, 0.2) is 5.96 Å². The zero-order valence-electron chi connectivity index (χ0n) is 13.9. The summed E-state index contributed by atoms with van der Waals surface area (Å²) in [6, 6.07) is 0. The van der Waals surface area contributed by atoms with Crippen LogP contribution in [-0.4, -0.2) is 48.9 Å². The number of thioether (sulfide) groups is 1. The number of ether oxygens (including phenoxy) is 1. The van der Waals surface area contributed by atoms with E-state index in [4.69, 9.17) is 9.26 Å². The van der Waals surface area contributed by atoms with Gasteiger partial charge in [0.05, 0.1) is 5.69 Å². The summed E-state index contributed by atoms with van der Waals surface area (Å²) < 4.78 is 10.9. The van der Waals surface area contributed by atoms with Crippen molar-refractivity contribution in [3.8, 4) is 0 Å². The molecule has 0 radical (unpaired) electrons. The van der Waals surface area contributed by atoms with Crippen LogP contribution in [0, 0.1) is 13.8 Å². The van der Waals surface area contributed by atoms with Crippen molar-refractivity contribution in [3.05, 3.63) is 17.0 Å². The van der Waals surface area contributed by atoms with Gasteiger partial charge in [-0.1, -0.05) is 5.16 Å². The summed E-state index contributed by atoms with van der Waals surface area (Å²) in [4.78, 5) is 4.30. The highest BCUT2D eigenvalue weighted by Crippen LogP contribution is 2.32. The number of hydrogen-bond donors (Lipinski definition) is 2. The predicted molar refractivity (Wildman–Crippen MR) is 90.5 cm³/mol.